The van der Waals surface area contributed by atoms with E-state index in [2.05, 4.69) is 27.5 Å². The zero-order valence-electron chi connectivity index (χ0n) is 11.9. The number of amides is 1. The summed E-state index contributed by atoms with van der Waals surface area (Å²) < 4.78 is 0. The van der Waals surface area contributed by atoms with E-state index in [0.717, 1.165) is 23.7 Å². The fourth-order valence-corrected chi connectivity index (χ4v) is 2.62. The van der Waals surface area contributed by atoms with E-state index in [-0.39, 0.29) is 5.91 Å². The highest BCUT2D eigenvalue weighted by atomic mass is 35.5. The van der Waals surface area contributed by atoms with Crippen LogP contribution in [0.1, 0.15) is 34.4 Å². The number of hydrogen-bond acceptors (Lipinski definition) is 5. The monoisotopic (exact) mass is 324 g/mol. The molecule has 0 atom stereocenters. The first-order valence-corrected chi connectivity index (χ1v) is 7.94. The summed E-state index contributed by atoms with van der Waals surface area (Å²) in [6.45, 7) is 5.18. The smallest absolute Gasteiger partial charge is 0.253 e. The van der Waals surface area contributed by atoms with Crippen LogP contribution in [0.4, 0.5) is 5.82 Å². The topological polar surface area (TPSA) is 66.9 Å². The number of rotatable bonds is 6. The first-order valence-electron chi connectivity index (χ1n) is 6.68. The van der Waals surface area contributed by atoms with Crippen molar-refractivity contribution >= 4 is 34.7 Å². The van der Waals surface area contributed by atoms with E-state index in [4.69, 9.17) is 11.6 Å². The van der Waals surface area contributed by atoms with Crippen LogP contribution in [-0.2, 0) is 6.54 Å². The summed E-state index contributed by atoms with van der Waals surface area (Å²) in [5.74, 6) is 0.393. The van der Waals surface area contributed by atoms with E-state index in [1.165, 1.54) is 17.5 Å². The number of carbonyl (C=O) groups is 1. The van der Waals surface area contributed by atoms with E-state index < -0.39 is 0 Å². The molecule has 0 bridgehead atoms. The van der Waals surface area contributed by atoms with Crippen LogP contribution in [0.5, 0.6) is 0 Å². The number of nitrogens with zero attached hydrogens (tertiary/aromatic N) is 2. The zero-order chi connectivity index (χ0) is 15.2. The fraction of sp³-hybridized carbons (Fsp3) is 0.357. The van der Waals surface area contributed by atoms with E-state index in [1.807, 2.05) is 12.3 Å². The average Bonchev–Trinajstić information content (AvgIpc) is 2.89. The Morgan fingerprint density at radius 1 is 1.48 bits per heavy atom. The Kier molecular flexibility index (Phi) is 5.52. The number of pyridine rings is 1. The number of anilines is 1. The van der Waals surface area contributed by atoms with Crippen LogP contribution in [0.25, 0.3) is 0 Å². The third kappa shape index (κ3) is 4.41. The number of thiazole rings is 1. The summed E-state index contributed by atoms with van der Waals surface area (Å²) in [4.78, 5) is 20.5. The molecule has 0 aliphatic rings. The molecule has 112 valence electrons. The van der Waals surface area contributed by atoms with Crippen molar-refractivity contribution in [2.75, 3.05) is 11.9 Å². The molecular weight excluding hydrogens is 308 g/mol. The number of aryl methyl sites for hydroxylation is 1. The van der Waals surface area contributed by atoms with Gasteiger partial charge in [0.2, 0.25) is 0 Å². The van der Waals surface area contributed by atoms with Crippen molar-refractivity contribution in [3.8, 4) is 0 Å². The van der Waals surface area contributed by atoms with Gasteiger partial charge in [0.05, 0.1) is 17.1 Å². The zero-order valence-corrected chi connectivity index (χ0v) is 13.5. The molecule has 0 fully saturated rings. The third-order valence-corrected chi connectivity index (χ3v) is 3.97. The van der Waals surface area contributed by atoms with Crippen molar-refractivity contribution < 1.29 is 4.79 Å². The van der Waals surface area contributed by atoms with Crippen LogP contribution in [0.15, 0.2) is 17.6 Å². The summed E-state index contributed by atoms with van der Waals surface area (Å²) in [5, 5.41) is 9.19. The molecule has 0 radical (unpaired) electrons. The Hall–Kier alpha value is -1.66. The molecule has 5 nitrogen and oxygen atoms in total. The summed E-state index contributed by atoms with van der Waals surface area (Å²) in [6.07, 6.45) is 2.50. The van der Waals surface area contributed by atoms with Gasteiger partial charge >= 0.3 is 0 Å². The quantitative estimate of drug-likeness (QED) is 0.856. The third-order valence-electron chi connectivity index (χ3n) is 2.71. The van der Waals surface area contributed by atoms with Crippen LogP contribution >= 0.6 is 22.9 Å². The predicted molar refractivity (Wildman–Crippen MR) is 86.0 cm³/mol. The molecule has 0 aliphatic carbocycles. The minimum absolute atomic E-state index is 0.209. The Morgan fingerprint density at radius 3 is 2.90 bits per heavy atom. The van der Waals surface area contributed by atoms with Gasteiger partial charge in [0.25, 0.3) is 5.91 Å². The van der Waals surface area contributed by atoms with Gasteiger partial charge in [-0.25, -0.2) is 9.97 Å². The molecule has 7 heteroatoms. The second-order valence-corrected chi connectivity index (χ2v) is 5.90. The first kappa shape index (κ1) is 15.7. The molecule has 0 unspecified atom stereocenters. The molecule has 2 N–H and O–H groups in total. The summed E-state index contributed by atoms with van der Waals surface area (Å²) in [6, 6.07) is 1.62. The molecule has 0 aromatic carbocycles. The van der Waals surface area contributed by atoms with Crippen LogP contribution in [0.2, 0.25) is 5.02 Å². The summed E-state index contributed by atoms with van der Waals surface area (Å²) in [7, 11) is 0. The van der Waals surface area contributed by atoms with Gasteiger partial charge in [0.15, 0.2) is 0 Å². The van der Waals surface area contributed by atoms with Gasteiger partial charge in [-0.1, -0.05) is 18.5 Å². The van der Waals surface area contributed by atoms with Gasteiger partial charge < -0.3 is 10.6 Å². The van der Waals surface area contributed by atoms with Crippen molar-refractivity contribution in [2.24, 2.45) is 0 Å². The Labute approximate surface area is 132 Å². The fourth-order valence-electron chi connectivity index (χ4n) is 1.68. The maximum absolute atomic E-state index is 12.0. The van der Waals surface area contributed by atoms with Crippen molar-refractivity contribution in [1.82, 2.24) is 15.3 Å². The molecule has 0 saturated carbocycles. The number of hydrogen-bond donors (Lipinski definition) is 2. The number of carbonyl (C=O) groups excluding carboxylic acids is 1. The maximum Gasteiger partial charge on any atom is 0.253 e. The lowest BCUT2D eigenvalue weighted by molar-refractivity contribution is 0.0950. The highest BCUT2D eigenvalue weighted by Gasteiger charge is 2.10. The molecule has 0 spiro atoms. The van der Waals surface area contributed by atoms with Crippen molar-refractivity contribution in [3.05, 3.63) is 38.9 Å². The predicted octanol–water partition coefficient (Wildman–Crippen LogP) is 3.25. The van der Waals surface area contributed by atoms with Crippen molar-refractivity contribution in [3.63, 3.8) is 0 Å². The molecule has 2 aromatic heterocycles. The highest BCUT2D eigenvalue weighted by molar-refractivity contribution is 7.09. The van der Waals surface area contributed by atoms with Gasteiger partial charge in [0.1, 0.15) is 10.8 Å². The maximum atomic E-state index is 12.0. The summed E-state index contributed by atoms with van der Waals surface area (Å²) >= 11 is 7.64. The molecule has 0 saturated heterocycles. The van der Waals surface area contributed by atoms with Gasteiger partial charge in [-0.2, -0.15) is 0 Å². The molecule has 2 rings (SSSR count). The first-order chi connectivity index (χ1) is 10.1. The Morgan fingerprint density at radius 2 is 2.29 bits per heavy atom. The van der Waals surface area contributed by atoms with Crippen LogP contribution < -0.4 is 10.6 Å². The van der Waals surface area contributed by atoms with E-state index in [0.29, 0.717) is 22.9 Å². The van der Waals surface area contributed by atoms with Gasteiger partial charge in [-0.15, -0.1) is 11.3 Å². The Balaban J connectivity index is 1.97. The number of halogens is 1. The van der Waals surface area contributed by atoms with Gasteiger partial charge in [-0.3, -0.25) is 4.79 Å². The van der Waals surface area contributed by atoms with Crippen molar-refractivity contribution in [1.29, 1.82) is 0 Å². The Bertz CT molecular complexity index is 629. The second kappa shape index (κ2) is 7.38. The number of aromatic nitrogens is 2. The normalized spacial score (nSPS) is 10.4. The molecule has 1 amide bonds. The van der Waals surface area contributed by atoms with Gasteiger partial charge in [-0.05, 0) is 19.4 Å². The molecule has 0 aliphatic heterocycles. The van der Waals surface area contributed by atoms with E-state index in [9.17, 15) is 4.79 Å². The summed E-state index contributed by atoms with van der Waals surface area (Å²) in [5.41, 5.74) is 1.40. The van der Waals surface area contributed by atoms with Crippen LogP contribution in [0.3, 0.4) is 0 Å². The lowest BCUT2D eigenvalue weighted by Gasteiger charge is -2.08. The molecular formula is C14H17ClN4OS. The number of nitrogens with one attached hydrogen (secondary N) is 2. The molecule has 2 aromatic rings. The van der Waals surface area contributed by atoms with Crippen LogP contribution in [-0.4, -0.2) is 22.4 Å². The highest BCUT2D eigenvalue weighted by Crippen LogP contribution is 2.20. The minimum atomic E-state index is -0.209. The van der Waals surface area contributed by atoms with Crippen molar-refractivity contribution in [2.45, 2.75) is 26.8 Å². The second-order valence-electron chi connectivity index (χ2n) is 4.55. The lowest BCUT2D eigenvalue weighted by Crippen LogP contribution is -2.23. The van der Waals surface area contributed by atoms with E-state index >= 15 is 0 Å². The SMILES string of the molecule is CCCNc1ncc(C(=O)NCc2nc(C)cs2)cc1Cl. The minimum Gasteiger partial charge on any atom is -0.369 e. The molecule has 2 heterocycles. The largest absolute Gasteiger partial charge is 0.369 e. The standard InChI is InChI=1S/C14H17ClN4OS/c1-3-4-16-13-11(15)5-10(6-17-13)14(20)18-7-12-19-9(2)8-21-12/h5-6,8H,3-4,7H2,1-2H3,(H,16,17)(H,18,20). The molecule has 21 heavy (non-hydrogen) atoms. The average molecular weight is 325 g/mol. The van der Waals surface area contributed by atoms with Gasteiger partial charge in [0, 0.05) is 23.8 Å². The van der Waals surface area contributed by atoms with E-state index in [1.54, 1.807) is 6.07 Å². The lowest BCUT2D eigenvalue weighted by atomic mass is 10.2. The van der Waals surface area contributed by atoms with Crippen LogP contribution in [0, 0.1) is 6.92 Å².